The maximum absolute atomic E-state index is 12.2. The van der Waals surface area contributed by atoms with Gasteiger partial charge in [0, 0.05) is 18.6 Å². The van der Waals surface area contributed by atoms with Crippen LogP contribution in [0.2, 0.25) is 0 Å². The van der Waals surface area contributed by atoms with E-state index in [1.54, 1.807) is 49.6 Å². The number of hydrogen-bond donors (Lipinski definition) is 0. The van der Waals surface area contributed by atoms with E-state index in [0.717, 1.165) is 11.3 Å². The third-order valence-electron chi connectivity index (χ3n) is 3.03. The number of esters is 2. The van der Waals surface area contributed by atoms with E-state index >= 15 is 0 Å². The maximum Gasteiger partial charge on any atom is 0.354 e. The summed E-state index contributed by atoms with van der Waals surface area (Å²) in [7, 11) is 0. The van der Waals surface area contributed by atoms with Crippen molar-refractivity contribution in [1.29, 1.82) is 0 Å². The normalized spacial score (nSPS) is 10.3. The molecule has 0 fully saturated rings. The molecular formula is C17H13N3O4S. The Morgan fingerprint density at radius 3 is 2.68 bits per heavy atom. The first kappa shape index (κ1) is 16.7. The Labute approximate surface area is 147 Å². The van der Waals surface area contributed by atoms with Crippen LogP contribution in [0, 0.1) is 0 Å². The number of pyridine rings is 2. The number of thiazole rings is 1. The molecule has 3 heterocycles. The molecule has 126 valence electrons. The van der Waals surface area contributed by atoms with Crippen molar-refractivity contribution in [2.24, 2.45) is 0 Å². The molecule has 0 spiro atoms. The Bertz CT molecular complexity index is 881. The van der Waals surface area contributed by atoms with Crippen LogP contribution in [0.4, 0.5) is 0 Å². The van der Waals surface area contributed by atoms with E-state index in [1.807, 2.05) is 0 Å². The van der Waals surface area contributed by atoms with Crippen LogP contribution in [0.3, 0.4) is 0 Å². The molecule has 8 heteroatoms. The van der Waals surface area contributed by atoms with Gasteiger partial charge in [-0.05, 0) is 31.2 Å². The number of carbonyl (C=O) groups excluding carboxylic acids is 2. The zero-order valence-corrected chi connectivity index (χ0v) is 14.0. The molecule has 3 aromatic heterocycles. The minimum Gasteiger partial charge on any atom is -0.462 e. The van der Waals surface area contributed by atoms with Gasteiger partial charge >= 0.3 is 11.9 Å². The van der Waals surface area contributed by atoms with Crippen molar-refractivity contribution in [3.63, 3.8) is 0 Å². The number of nitrogens with zero attached hydrogens (tertiary/aromatic N) is 3. The molecule has 0 aromatic carbocycles. The van der Waals surface area contributed by atoms with Crippen LogP contribution >= 0.6 is 11.3 Å². The predicted octanol–water partition coefficient (Wildman–Crippen LogP) is 3.00. The molecule has 0 radical (unpaired) electrons. The van der Waals surface area contributed by atoms with E-state index in [-0.39, 0.29) is 22.9 Å². The highest BCUT2D eigenvalue weighted by molar-refractivity contribution is 7.17. The van der Waals surface area contributed by atoms with Crippen LogP contribution < -0.4 is 4.74 Å². The molecule has 3 rings (SSSR count). The Hall–Kier alpha value is -3.13. The fourth-order valence-corrected chi connectivity index (χ4v) is 2.79. The second kappa shape index (κ2) is 7.63. The highest BCUT2D eigenvalue weighted by Gasteiger charge is 2.24. The third kappa shape index (κ3) is 3.86. The molecule has 0 aliphatic carbocycles. The minimum absolute atomic E-state index is 0.0991. The van der Waals surface area contributed by atoms with E-state index in [4.69, 9.17) is 9.47 Å². The Morgan fingerprint density at radius 2 is 2.00 bits per heavy atom. The number of carbonyl (C=O) groups is 2. The van der Waals surface area contributed by atoms with Crippen molar-refractivity contribution >= 4 is 23.3 Å². The van der Waals surface area contributed by atoms with E-state index in [9.17, 15) is 9.59 Å². The van der Waals surface area contributed by atoms with E-state index < -0.39 is 11.9 Å². The second-order valence-corrected chi connectivity index (χ2v) is 5.72. The lowest BCUT2D eigenvalue weighted by molar-refractivity contribution is 0.0526. The number of aromatic nitrogens is 3. The van der Waals surface area contributed by atoms with Crippen LogP contribution in [0.25, 0.3) is 10.7 Å². The molecule has 0 N–H and O–H groups in total. The Morgan fingerprint density at radius 1 is 1.12 bits per heavy atom. The molecule has 0 saturated heterocycles. The molecule has 0 amide bonds. The van der Waals surface area contributed by atoms with Gasteiger partial charge in [-0.1, -0.05) is 6.07 Å². The lowest BCUT2D eigenvalue weighted by Gasteiger charge is -2.03. The van der Waals surface area contributed by atoms with Crippen molar-refractivity contribution in [3.05, 3.63) is 59.4 Å². The van der Waals surface area contributed by atoms with Crippen LogP contribution in [-0.4, -0.2) is 33.5 Å². The number of hydrogen-bond acceptors (Lipinski definition) is 8. The summed E-state index contributed by atoms with van der Waals surface area (Å²) in [5, 5.41) is 0.456. The highest BCUT2D eigenvalue weighted by atomic mass is 32.1. The van der Waals surface area contributed by atoms with Crippen molar-refractivity contribution in [3.8, 4) is 16.6 Å². The minimum atomic E-state index is -0.656. The van der Waals surface area contributed by atoms with E-state index in [0.29, 0.717) is 10.7 Å². The second-order valence-electron chi connectivity index (χ2n) is 4.72. The molecule has 7 nitrogen and oxygen atoms in total. The van der Waals surface area contributed by atoms with Gasteiger partial charge in [-0.3, -0.25) is 9.97 Å². The smallest absolute Gasteiger partial charge is 0.354 e. The summed E-state index contributed by atoms with van der Waals surface area (Å²) in [4.78, 5) is 36.8. The van der Waals surface area contributed by atoms with Crippen molar-refractivity contribution in [2.45, 2.75) is 6.92 Å². The molecule has 0 unspecified atom stereocenters. The summed E-state index contributed by atoms with van der Waals surface area (Å²) >= 11 is 1.06. The Kier molecular flexibility index (Phi) is 5.10. The number of rotatable bonds is 5. The van der Waals surface area contributed by atoms with Gasteiger partial charge in [0.15, 0.2) is 4.88 Å². The lowest BCUT2D eigenvalue weighted by atomic mass is 10.3. The van der Waals surface area contributed by atoms with Crippen LogP contribution in [0.15, 0.2) is 48.9 Å². The van der Waals surface area contributed by atoms with Gasteiger partial charge in [-0.15, -0.1) is 11.3 Å². The van der Waals surface area contributed by atoms with Crippen LogP contribution in [-0.2, 0) is 4.74 Å². The van der Waals surface area contributed by atoms with E-state index in [2.05, 4.69) is 15.0 Å². The van der Waals surface area contributed by atoms with Gasteiger partial charge in [0.05, 0.1) is 17.9 Å². The number of ether oxygens (including phenoxy) is 2. The quantitative estimate of drug-likeness (QED) is 0.650. The van der Waals surface area contributed by atoms with Gasteiger partial charge in [-0.2, -0.15) is 4.98 Å². The van der Waals surface area contributed by atoms with E-state index in [1.165, 1.54) is 6.20 Å². The molecule has 3 aromatic rings. The van der Waals surface area contributed by atoms with Crippen molar-refractivity contribution in [1.82, 2.24) is 15.0 Å². The molecule has 0 aliphatic rings. The summed E-state index contributed by atoms with van der Waals surface area (Å²) in [6.45, 7) is 1.89. The Balaban J connectivity index is 1.94. The first-order chi connectivity index (χ1) is 12.2. The fraction of sp³-hybridized carbons (Fsp3) is 0.118. The molecule has 0 aliphatic heterocycles. The summed E-state index contributed by atoms with van der Waals surface area (Å²) in [6.07, 6.45) is 4.53. The molecule has 25 heavy (non-hydrogen) atoms. The van der Waals surface area contributed by atoms with Gasteiger partial charge in [0.25, 0.3) is 0 Å². The zero-order chi connectivity index (χ0) is 17.6. The van der Waals surface area contributed by atoms with Crippen LogP contribution in [0.1, 0.15) is 27.0 Å². The lowest BCUT2D eigenvalue weighted by Crippen LogP contribution is -2.12. The summed E-state index contributed by atoms with van der Waals surface area (Å²) in [5.41, 5.74) is 0.825. The molecule has 0 saturated carbocycles. The maximum atomic E-state index is 12.2. The summed E-state index contributed by atoms with van der Waals surface area (Å²) in [6, 6.07) is 8.50. The first-order valence-electron chi connectivity index (χ1n) is 7.40. The standard InChI is InChI=1S/C17H13N3O4S/c1-2-23-17(22)13-14(24-16(21)11-6-5-8-18-10-11)20-15(25-13)12-7-3-4-9-19-12/h3-10H,2H2,1H3. The first-order valence-corrected chi connectivity index (χ1v) is 8.22. The average Bonchev–Trinajstić information content (AvgIpc) is 3.07. The topological polar surface area (TPSA) is 91.3 Å². The summed E-state index contributed by atoms with van der Waals surface area (Å²) < 4.78 is 10.3. The molecule has 0 atom stereocenters. The van der Waals surface area contributed by atoms with Crippen LogP contribution in [0.5, 0.6) is 5.88 Å². The molecule has 0 bridgehead atoms. The summed E-state index contributed by atoms with van der Waals surface area (Å²) in [5.74, 6) is -1.36. The fourth-order valence-electron chi connectivity index (χ4n) is 1.93. The van der Waals surface area contributed by atoms with Crippen molar-refractivity contribution in [2.75, 3.05) is 6.61 Å². The monoisotopic (exact) mass is 355 g/mol. The van der Waals surface area contributed by atoms with Gasteiger partial charge in [-0.25, -0.2) is 9.59 Å². The van der Waals surface area contributed by atoms with Gasteiger partial charge < -0.3 is 9.47 Å². The van der Waals surface area contributed by atoms with Gasteiger partial charge in [0.1, 0.15) is 5.01 Å². The SMILES string of the molecule is CCOC(=O)c1sc(-c2ccccn2)nc1OC(=O)c1cccnc1. The van der Waals surface area contributed by atoms with Gasteiger partial charge in [0.2, 0.25) is 5.88 Å². The third-order valence-corrected chi connectivity index (χ3v) is 4.07. The highest BCUT2D eigenvalue weighted by Crippen LogP contribution is 2.32. The average molecular weight is 355 g/mol. The van der Waals surface area contributed by atoms with Crippen molar-refractivity contribution < 1.29 is 19.1 Å². The predicted molar refractivity (Wildman–Crippen MR) is 90.5 cm³/mol. The zero-order valence-electron chi connectivity index (χ0n) is 13.2. The molecular weight excluding hydrogens is 342 g/mol. The largest absolute Gasteiger partial charge is 0.462 e.